The molecule has 22 heavy (non-hydrogen) atoms. The molecule has 1 N–H and O–H groups in total. The van der Waals surface area contributed by atoms with Crippen LogP contribution in [0.4, 0.5) is 4.39 Å². The normalized spacial score (nSPS) is 10.5. The van der Waals surface area contributed by atoms with E-state index in [0.29, 0.717) is 34.4 Å². The van der Waals surface area contributed by atoms with Crippen molar-refractivity contribution < 1.29 is 9.13 Å². The molecule has 0 atom stereocenters. The summed E-state index contributed by atoms with van der Waals surface area (Å²) in [5.41, 5.74) is 1.23. The Balaban J connectivity index is 2.13. The number of hydrogen-bond acceptors (Lipinski definition) is 2. The number of rotatable bonds is 7. The van der Waals surface area contributed by atoms with Gasteiger partial charge < -0.3 is 10.1 Å². The van der Waals surface area contributed by atoms with E-state index in [-0.39, 0.29) is 12.4 Å². The Labute approximate surface area is 139 Å². The van der Waals surface area contributed by atoms with Crippen LogP contribution in [0.5, 0.6) is 5.75 Å². The minimum Gasteiger partial charge on any atom is -0.488 e. The lowest BCUT2D eigenvalue weighted by molar-refractivity contribution is 0.296. The van der Waals surface area contributed by atoms with Gasteiger partial charge in [0, 0.05) is 29.2 Å². The lowest BCUT2D eigenvalue weighted by Crippen LogP contribution is -2.13. The van der Waals surface area contributed by atoms with Gasteiger partial charge in [-0.05, 0) is 30.3 Å². The zero-order chi connectivity index (χ0) is 15.9. The molecule has 2 nitrogen and oxygen atoms in total. The van der Waals surface area contributed by atoms with E-state index in [1.54, 1.807) is 30.3 Å². The zero-order valence-corrected chi connectivity index (χ0v) is 13.4. The molecule has 0 aromatic heterocycles. The summed E-state index contributed by atoms with van der Waals surface area (Å²) in [4.78, 5) is 0. The van der Waals surface area contributed by atoms with Crippen LogP contribution in [-0.4, -0.2) is 6.54 Å². The highest BCUT2D eigenvalue weighted by atomic mass is 35.5. The van der Waals surface area contributed by atoms with Crippen molar-refractivity contribution in [2.45, 2.75) is 13.2 Å². The number of ether oxygens (including phenoxy) is 1. The first-order valence-electron chi connectivity index (χ1n) is 6.77. The van der Waals surface area contributed by atoms with Crippen LogP contribution in [0.25, 0.3) is 0 Å². The largest absolute Gasteiger partial charge is 0.488 e. The summed E-state index contributed by atoms with van der Waals surface area (Å²) in [6.45, 7) is 4.96. The molecule has 2 aromatic rings. The molecule has 0 amide bonds. The highest BCUT2D eigenvalue weighted by Crippen LogP contribution is 2.26. The summed E-state index contributed by atoms with van der Waals surface area (Å²) < 4.78 is 19.5. The van der Waals surface area contributed by atoms with E-state index in [1.807, 2.05) is 6.07 Å². The number of halogens is 3. The van der Waals surface area contributed by atoms with Gasteiger partial charge in [0.15, 0.2) is 0 Å². The molecule has 0 saturated heterocycles. The Morgan fingerprint density at radius 3 is 2.77 bits per heavy atom. The third-order valence-electron chi connectivity index (χ3n) is 3.06. The van der Waals surface area contributed by atoms with Crippen molar-refractivity contribution in [3.8, 4) is 5.75 Å². The van der Waals surface area contributed by atoms with Gasteiger partial charge in [-0.15, -0.1) is 6.58 Å². The van der Waals surface area contributed by atoms with Gasteiger partial charge in [-0.1, -0.05) is 35.3 Å². The maximum atomic E-state index is 13.8. The fraction of sp³-hybridized carbons (Fsp3) is 0.176. The highest BCUT2D eigenvalue weighted by molar-refractivity contribution is 6.31. The Morgan fingerprint density at radius 2 is 2.05 bits per heavy atom. The number of nitrogens with one attached hydrogen (secondary N) is 1. The summed E-state index contributed by atoms with van der Waals surface area (Å²) in [7, 11) is 0. The van der Waals surface area contributed by atoms with Crippen LogP contribution >= 0.6 is 23.2 Å². The summed E-state index contributed by atoms with van der Waals surface area (Å²) in [6.07, 6.45) is 1.77. The van der Waals surface area contributed by atoms with Gasteiger partial charge in [0.1, 0.15) is 18.2 Å². The van der Waals surface area contributed by atoms with Gasteiger partial charge in [0.25, 0.3) is 0 Å². The predicted octanol–water partition coefficient (Wildman–Crippen LogP) is 4.99. The molecule has 0 aliphatic heterocycles. The SMILES string of the molecule is C=CCNCc1cc(Cl)ccc1OCc1c(F)cccc1Cl. The topological polar surface area (TPSA) is 21.3 Å². The minimum atomic E-state index is -0.382. The molecule has 0 saturated carbocycles. The summed E-state index contributed by atoms with van der Waals surface area (Å²) >= 11 is 12.0. The monoisotopic (exact) mass is 339 g/mol. The average molecular weight is 340 g/mol. The Morgan fingerprint density at radius 1 is 1.23 bits per heavy atom. The Hall–Kier alpha value is -1.55. The smallest absolute Gasteiger partial charge is 0.131 e. The Bertz CT molecular complexity index is 641. The summed E-state index contributed by atoms with van der Waals surface area (Å²) in [6, 6.07) is 9.87. The molecule has 0 bridgehead atoms. The first kappa shape index (κ1) is 16.8. The van der Waals surface area contributed by atoms with Crippen molar-refractivity contribution in [2.24, 2.45) is 0 Å². The molecule has 116 valence electrons. The van der Waals surface area contributed by atoms with Gasteiger partial charge in [-0.25, -0.2) is 4.39 Å². The van der Waals surface area contributed by atoms with E-state index in [2.05, 4.69) is 11.9 Å². The van der Waals surface area contributed by atoms with E-state index in [4.69, 9.17) is 27.9 Å². The predicted molar refractivity (Wildman–Crippen MR) is 89.1 cm³/mol. The van der Waals surface area contributed by atoms with Crippen LogP contribution in [0.1, 0.15) is 11.1 Å². The molecule has 0 fully saturated rings. The summed E-state index contributed by atoms with van der Waals surface area (Å²) in [5.74, 6) is 0.257. The lowest BCUT2D eigenvalue weighted by atomic mass is 10.2. The van der Waals surface area contributed by atoms with Crippen molar-refractivity contribution in [1.82, 2.24) is 5.32 Å². The molecule has 2 aromatic carbocycles. The molecule has 0 radical (unpaired) electrons. The van der Waals surface area contributed by atoms with E-state index < -0.39 is 0 Å². The van der Waals surface area contributed by atoms with E-state index in [0.717, 1.165) is 5.56 Å². The molecule has 2 rings (SSSR count). The Kier molecular flexibility index (Phi) is 6.25. The highest BCUT2D eigenvalue weighted by Gasteiger charge is 2.10. The molecular formula is C17H16Cl2FNO. The zero-order valence-electron chi connectivity index (χ0n) is 11.9. The van der Waals surface area contributed by atoms with Crippen molar-refractivity contribution in [3.05, 3.63) is 76.0 Å². The van der Waals surface area contributed by atoms with Crippen LogP contribution in [0, 0.1) is 5.82 Å². The molecule has 0 aliphatic rings. The number of benzene rings is 2. The van der Waals surface area contributed by atoms with Gasteiger partial charge >= 0.3 is 0 Å². The fourth-order valence-electron chi connectivity index (χ4n) is 1.96. The van der Waals surface area contributed by atoms with Crippen LogP contribution in [0.2, 0.25) is 10.0 Å². The maximum Gasteiger partial charge on any atom is 0.131 e. The van der Waals surface area contributed by atoms with E-state index in [1.165, 1.54) is 6.07 Å². The van der Waals surface area contributed by atoms with Crippen LogP contribution in [0.15, 0.2) is 49.1 Å². The molecule has 0 aliphatic carbocycles. The second-order valence-corrected chi connectivity index (χ2v) is 5.50. The maximum absolute atomic E-state index is 13.8. The minimum absolute atomic E-state index is 0.0571. The van der Waals surface area contributed by atoms with Crippen LogP contribution in [0.3, 0.4) is 0 Å². The van der Waals surface area contributed by atoms with E-state index >= 15 is 0 Å². The third kappa shape index (κ3) is 4.47. The first-order valence-corrected chi connectivity index (χ1v) is 7.53. The van der Waals surface area contributed by atoms with Crippen molar-refractivity contribution in [1.29, 1.82) is 0 Å². The average Bonchev–Trinajstić information content (AvgIpc) is 2.49. The standard InChI is InChI=1S/C17H16Cl2FNO/c1-2-8-21-10-12-9-13(18)6-7-17(12)22-11-14-15(19)4-3-5-16(14)20/h2-7,9,21H,1,8,10-11H2. The molecular weight excluding hydrogens is 324 g/mol. The lowest BCUT2D eigenvalue weighted by Gasteiger charge is -2.13. The van der Waals surface area contributed by atoms with Gasteiger partial charge in [-0.3, -0.25) is 0 Å². The molecule has 0 unspecified atom stereocenters. The van der Waals surface area contributed by atoms with Gasteiger partial charge in [0.2, 0.25) is 0 Å². The van der Waals surface area contributed by atoms with Crippen molar-refractivity contribution >= 4 is 23.2 Å². The van der Waals surface area contributed by atoms with Gasteiger partial charge in [-0.2, -0.15) is 0 Å². The summed E-state index contributed by atoms with van der Waals surface area (Å²) in [5, 5.41) is 4.15. The van der Waals surface area contributed by atoms with Crippen molar-refractivity contribution in [3.63, 3.8) is 0 Å². The first-order chi connectivity index (χ1) is 10.6. The second kappa shape index (κ2) is 8.18. The van der Waals surface area contributed by atoms with Gasteiger partial charge in [0.05, 0.1) is 5.02 Å². The van der Waals surface area contributed by atoms with Crippen molar-refractivity contribution in [2.75, 3.05) is 6.54 Å². The molecule has 0 heterocycles. The van der Waals surface area contributed by atoms with Crippen LogP contribution in [-0.2, 0) is 13.2 Å². The quantitative estimate of drug-likeness (QED) is 0.566. The molecule has 5 heteroatoms. The second-order valence-electron chi connectivity index (χ2n) is 4.66. The van der Waals surface area contributed by atoms with E-state index in [9.17, 15) is 4.39 Å². The fourth-order valence-corrected chi connectivity index (χ4v) is 2.37. The van der Waals surface area contributed by atoms with Crippen LogP contribution < -0.4 is 10.1 Å². The third-order valence-corrected chi connectivity index (χ3v) is 3.65. The molecule has 0 spiro atoms. The number of hydrogen-bond donors (Lipinski definition) is 1.